The molecular weight excluding hydrogens is 723 g/mol. The van der Waals surface area contributed by atoms with Crippen LogP contribution in [0.4, 0.5) is 0 Å². The number of hydrogen-bond acceptors (Lipinski definition) is 8. The van der Waals surface area contributed by atoms with Gasteiger partial charge in [-0.2, -0.15) is 10.2 Å². The zero-order valence-electron chi connectivity index (χ0n) is 28.3. The third kappa shape index (κ3) is 8.18. The molecule has 0 unspecified atom stereocenters. The first-order chi connectivity index (χ1) is 25.1. The summed E-state index contributed by atoms with van der Waals surface area (Å²) in [5.74, 6) is -0.885. The molecule has 0 saturated heterocycles. The lowest BCUT2D eigenvalue weighted by Crippen LogP contribution is -2.32. The predicted octanol–water partition coefficient (Wildman–Crippen LogP) is 8.46. The molecule has 0 fully saturated rings. The van der Waals surface area contributed by atoms with E-state index in [1.807, 2.05) is 36.4 Å². The number of ether oxygens (including phenoxy) is 2. The second-order valence-corrected chi connectivity index (χ2v) is 14.1. The van der Waals surface area contributed by atoms with E-state index in [2.05, 4.69) is 39.6 Å². The van der Waals surface area contributed by atoms with Crippen LogP contribution in [0.2, 0.25) is 15.1 Å². The van der Waals surface area contributed by atoms with Crippen molar-refractivity contribution in [3.05, 3.63) is 128 Å². The predicted molar refractivity (Wildman–Crippen MR) is 201 cm³/mol. The number of nitrogens with zero attached hydrogens (tertiary/aromatic N) is 3. The van der Waals surface area contributed by atoms with E-state index in [0.717, 1.165) is 41.8 Å². The first kappa shape index (κ1) is 37.1. The molecule has 12 heteroatoms. The van der Waals surface area contributed by atoms with Crippen LogP contribution in [-0.2, 0) is 37.4 Å². The smallest absolute Gasteiger partial charge is 0.311 e. The van der Waals surface area contributed by atoms with Gasteiger partial charge in [-0.15, -0.1) is 0 Å². The number of nitrogens with one attached hydrogen (secondary N) is 1. The molecule has 5 aromatic rings. The molecule has 0 amide bonds. The molecule has 0 saturated carbocycles. The number of benzene rings is 3. The molecule has 0 aliphatic carbocycles. The van der Waals surface area contributed by atoms with Crippen LogP contribution in [0, 0.1) is 16.7 Å². The number of halogens is 3. The minimum atomic E-state index is -1.38. The summed E-state index contributed by atoms with van der Waals surface area (Å²) in [7, 11) is 0. The van der Waals surface area contributed by atoms with Gasteiger partial charge in [0.25, 0.3) is 0 Å². The first-order valence-electron chi connectivity index (χ1n) is 16.6. The van der Waals surface area contributed by atoms with E-state index >= 15 is 0 Å². The Kier molecular flexibility index (Phi) is 11.6. The number of carboxylic acids is 1. The van der Waals surface area contributed by atoms with Crippen LogP contribution in [0.25, 0.3) is 22.3 Å². The van der Waals surface area contributed by atoms with E-state index in [9.17, 15) is 20.3 Å². The number of carboxylic acid groups (broad SMARTS) is 1. The van der Waals surface area contributed by atoms with E-state index in [1.54, 1.807) is 18.3 Å². The fourth-order valence-corrected chi connectivity index (χ4v) is 6.85. The van der Waals surface area contributed by atoms with Gasteiger partial charge >= 0.3 is 5.97 Å². The van der Waals surface area contributed by atoms with Gasteiger partial charge in [0, 0.05) is 52.3 Å². The first-order valence-corrected chi connectivity index (χ1v) is 17.8. The largest absolute Gasteiger partial charge is 0.481 e. The summed E-state index contributed by atoms with van der Waals surface area (Å²) in [6.07, 6.45) is 4.30. The fraction of sp³-hybridized carbons (Fsp3) is 0.250. The molecule has 52 heavy (non-hydrogen) atoms. The Hall–Kier alpha value is -4.69. The van der Waals surface area contributed by atoms with Crippen LogP contribution in [0.5, 0.6) is 11.8 Å². The number of aliphatic hydroxyl groups is 1. The van der Waals surface area contributed by atoms with Gasteiger partial charge in [-0.25, -0.2) is 0 Å². The Morgan fingerprint density at radius 2 is 1.67 bits per heavy atom. The molecule has 3 aromatic carbocycles. The lowest BCUT2D eigenvalue weighted by Gasteiger charge is -2.22. The van der Waals surface area contributed by atoms with Gasteiger partial charge in [0.2, 0.25) is 11.8 Å². The maximum atomic E-state index is 11.9. The highest BCUT2D eigenvalue weighted by molar-refractivity contribution is 6.38. The number of pyridine rings is 2. The van der Waals surface area contributed by atoms with Crippen molar-refractivity contribution in [2.75, 3.05) is 13.2 Å². The number of fused-ring (bicyclic) bond motifs is 1. The normalized spacial score (nSPS) is 13.5. The van der Waals surface area contributed by atoms with Crippen LogP contribution in [0.1, 0.15) is 46.7 Å². The van der Waals surface area contributed by atoms with Gasteiger partial charge in [0.1, 0.15) is 24.3 Å². The topological polar surface area (TPSA) is 138 Å². The molecule has 9 nitrogen and oxygen atoms in total. The number of aryl methyl sites for hydroxylation is 1. The summed E-state index contributed by atoms with van der Waals surface area (Å²) in [6, 6.07) is 23.3. The zero-order valence-corrected chi connectivity index (χ0v) is 30.5. The van der Waals surface area contributed by atoms with E-state index in [1.165, 1.54) is 24.2 Å². The van der Waals surface area contributed by atoms with E-state index in [0.29, 0.717) is 32.3 Å². The van der Waals surface area contributed by atoms with Crippen molar-refractivity contribution in [1.29, 1.82) is 5.26 Å². The minimum absolute atomic E-state index is 0.0169. The molecule has 0 spiro atoms. The van der Waals surface area contributed by atoms with Gasteiger partial charge in [-0.3, -0.25) is 9.78 Å². The molecular formula is C40H35Cl3N4O5. The average molecular weight is 758 g/mol. The maximum Gasteiger partial charge on any atom is 0.311 e. The molecule has 3 N–H and O–H groups in total. The fourth-order valence-electron chi connectivity index (χ4n) is 6.00. The van der Waals surface area contributed by atoms with Crippen molar-refractivity contribution in [2.45, 2.75) is 45.9 Å². The molecule has 6 rings (SSSR count). The summed E-state index contributed by atoms with van der Waals surface area (Å²) >= 11 is 20.8. The molecule has 1 aliphatic heterocycles. The van der Waals surface area contributed by atoms with Crippen LogP contribution in [0.15, 0.2) is 79.1 Å². The van der Waals surface area contributed by atoms with Crippen LogP contribution in [0.3, 0.4) is 0 Å². The van der Waals surface area contributed by atoms with E-state index in [-0.39, 0.29) is 42.8 Å². The summed E-state index contributed by atoms with van der Waals surface area (Å²) < 4.78 is 12.2. The summed E-state index contributed by atoms with van der Waals surface area (Å²) in [4.78, 5) is 20.5. The number of aromatic nitrogens is 2. The van der Waals surface area contributed by atoms with Crippen molar-refractivity contribution in [2.24, 2.45) is 5.41 Å². The Bertz CT molecular complexity index is 2170. The minimum Gasteiger partial charge on any atom is -0.481 e. The van der Waals surface area contributed by atoms with Crippen molar-refractivity contribution in [1.82, 2.24) is 15.3 Å². The van der Waals surface area contributed by atoms with Crippen LogP contribution in [-0.4, -0.2) is 39.3 Å². The van der Waals surface area contributed by atoms with Gasteiger partial charge in [0.05, 0.1) is 27.6 Å². The van der Waals surface area contributed by atoms with Crippen LogP contribution >= 0.6 is 34.8 Å². The Morgan fingerprint density at radius 3 is 2.44 bits per heavy atom. The SMILES string of the molecule is C[C@](CO)(CCc1cc(Cl)c(OCc2cccc(-c3cccc(-c4ccc5c(c4)CNCC5)c3Cl)c2Cl)nc1OCc1cncc(C#N)c1)C(=O)O. The molecule has 2 aromatic heterocycles. The number of nitriles is 1. The molecule has 0 radical (unpaired) electrons. The molecule has 0 bridgehead atoms. The second-order valence-electron chi connectivity index (χ2n) is 12.9. The Morgan fingerprint density at radius 1 is 0.923 bits per heavy atom. The van der Waals surface area contributed by atoms with Gasteiger partial charge in [-0.05, 0) is 67.6 Å². The lowest BCUT2D eigenvalue weighted by molar-refractivity contribution is -0.150. The van der Waals surface area contributed by atoms with Crippen molar-refractivity contribution in [3.63, 3.8) is 0 Å². The summed E-state index contributed by atoms with van der Waals surface area (Å²) in [6.45, 7) is 2.76. The molecule has 3 heterocycles. The Labute approximate surface area is 316 Å². The number of rotatable bonds is 13. The van der Waals surface area contributed by atoms with Gasteiger partial charge < -0.3 is 25.0 Å². The van der Waals surface area contributed by atoms with Crippen molar-refractivity contribution >= 4 is 40.8 Å². The number of aliphatic hydroxyl groups excluding tert-OH is 1. The van der Waals surface area contributed by atoms with Crippen LogP contribution < -0.4 is 14.8 Å². The molecule has 1 atom stereocenters. The van der Waals surface area contributed by atoms with Crippen molar-refractivity contribution in [3.8, 4) is 40.1 Å². The van der Waals surface area contributed by atoms with E-state index < -0.39 is 18.0 Å². The summed E-state index contributed by atoms with van der Waals surface area (Å²) in [5.41, 5.74) is 6.89. The third-order valence-electron chi connectivity index (χ3n) is 9.23. The maximum absolute atomic E-state index is 11.9. The number of aliphatic carboxylic acids is 1. The molecule has 266 valence electrons. The average Bonchev–Trinajstić information content (AvgIpc) is 3.16. The third-order valence-corrected chi connectivity index (χ3v) is 10.4. The summed E-state index contributed by atoms with van der Waals surface area (Å²) in [5, 5.41) is 33.4. The van der Waals surface area contributed by atoms with Gasteiger partial charge in [-0.1, -0.05) is 83.3 Å². The quantitative estimate of drug-likeness (QED) is 0.108. The monoisotopic (exact) mass is 756 g/mol. The Balaban J connectivity index is 1.26. The lowest BCUT2D eigenvalue weighted by atomic mass is 9.85. The second kappa shape index (κ2) is 16.3. The van der Waals surface area contributed by atoms with Gasteiger partial charge in [0.15, 0.2) is 0 Å². The highest BCUT2D eigenvalue weighted by Crippen LogP contribution is 2.41. The highest BCUT2D eigenvalue weighted by Gasteiger charge is 2.32. The zero-order chi connectivity index (χ0) is 36.8. The number of carbonyl (C=O) groups is 1. The van der Waals surface area contributed by atoms with E-state index in [4.69, 9.17) is 44.3 Å². The van der Waals surface area contributed by atoms with Crippen molar-refractivity contribution < 1.29 is 24.5 Å². The molecule has 1 aliphatic rings. The standard InChI is InChI=1S/C40H35Cl3N4O5/c1-40(23-48,39(49)50)12-10-28-16-34(41)38(47-37(28)51-21-25-14-24(17-44)18-46-19-25)52-22-29-4-2-6-32(35(29)42)33-7-3-5-31(36(33)43)27-9-8-26-11-13-45-20-30(26)15-27/h2-9,14-16,18-19,45,48H,10-13,20-23H2,1H3,(H,49,50)/t40-/m1/s1. The highest BCUT2D eigenvalue weighted by atomic mass is 35.5. The number of hydrogen-bond donors (Lipinski definition) is 3.